The lowest BCUT2D eigenvalue weighted by molar-refractivity contribution is 0.415. The van der Waals surface area contributed by atoms with Gasteiger partial charge in [-0.05, 0) is 46.0 Å². The molecule has 0 aliphatic carbocycles. The monoisotopic (exact) mass is 260 g/mol. The van der Waals surface area contributed by atoms with Crippen molar-refractivity contribution >= 4 is 10.9 Å². The van der Waals surface area contributed by atoms with Crippen LogP contribution < -0.4 is 10.1 Å². The Morgan fingerprint density at radius 1 is 1.21 bits per heavy atom. The molecule has 1 heterocycles. The first-order valence-corrected chi connectivity index (χ1v) is 6.92. The number of aromatic nitrogens is 1. The summed E-state index contributed by atoms with van der Waals surface area (Å²) in [5.74, 6) is 0.917. The van der Waals surface area contributed by atoms with Crippen molar-refractivity contribution in [2.45, 2.75) is 39.3 Å². The highest BCUT2D eigenvalue weighted by Gasteiger charge is 2.13. The molecule has 104 valence electrons. The molecule has 0 saturated heterocycles. The van der Waals surface area contributed by atoms with Crippen molar-refractivity contribution in [2.75, 3.05) is 14.2 Å². The van der Waals surface area contributed by atoms with Gasteiger partial charge in [0, 0.05) is 35.7 Å². The second-order valence-electron chi connectivity index (χ2n) is 5.42. The number of rotatable bonds is 5. The Labute approximate surface area is 115 Å². The molecular weight excluding hydrogens is 236 g/mol. The number of methoxy groups -OCH3 is 1. The molecule has 1 atom stereocenters. The average molecular weight is 260 g/mol. The van der Waals surface area contributed by atoms with Crippen molar-refractivity contribution in [3.05, 3.63) is 30.0 Å². The number of likely N-dealkylation sites (N-methyl/N-ethyl adjacent to an activating group) is 1. The maximum atomic E-state index is 5.34. The molecule has 1 N–H and O–H groups in total. The van der Waals surface area contributed by atoms with Crippen LogP contribution in [0.4, 0.5) is 0 Å². The molecular formula is C16H24N2O. The van der Waals surface area contributed by atoms with E-state index in [0.29, 0.717) is 12.1 Å². The summed E-state index contributed by atoms with van der Waals surface area (Å²) >= 11 is 0. The lowest BCUT2D eigenvalue weighted by Crippen LogP contribution is -2.25. The van der Waals surface area contributed by atoms with Gasteiger partial charge in [-0.2, -0.15) is 0 Å². The maximum Gasteiger partial charge on any atom is 0.120 e. The molecule has 1 aromatic carbocycles. The highest BCUT2D eigenvalue weighted by Crippen LogP contribution is 2.28. The molecule has 0 saturated carbocycles. The average Bonchev–Trinajstić information content (AvgIpc) is 2.75. The lowest BCUT2D eigenvalue weighted by Gasteiger charge is -2.17. The van der Waals surface area contributed by atoms with Crippen LogP contribution in [0.1, 0.15) is 32.5 Å². The molecule has 1 aromatic heterocycles. The number of benzene rings is 1. The van der Waals surface area contributed by atoms with Gasteiger partial charge in [-0.3, -0.25) is 0 Å². The van der Waals surface area contributed by atoms with E-state index in [1.54, 1.807) is 7.11 Å². The molecule has 3 heteroatoms. The van der Waals surface area contributed by atoms with Gasteiger partial charge in [0.25, 0.3) is 0 Å². The van der Waals surface area contributed by atoms with Crippen molar-refractivity contribution in [3.63, 3.8) is 0 Å². The summed E-state index contributed by atoms with van der Waals surface area (Å²) < 4.78 is 7.75. The van der Waals surface area contributed by atoms with E-state index in [-0.39, 0.29) is 0 Å². The lowest BCUT2D eigenvalue weighted by atomic mass is 10.1. The van der Waals surface area contributed by atoms with Gasteiger partial charge in [-0.1, -0.05) is 0 Å². The van der Waals surface area contributed by atoms with E-state index < -0.39 is 0 Å². The number of ether oxygens (including phenoxy) is 1. The van der Waals surface area contributed by atoms with E-state index in [4.69, 9.17) is 4.74 Å². The first-order valence-electron chi connectivity index (χ1n) is 6.92. The first kappa shape index (κ1) is 13.9. The zero-order valence-corrected chi connectivity index (χ0v) is 12.5. The summed E-state index contributed by atoms with van der Waals surface area (Å²) in [6.45, 7) is 6.67. The molecule has 2 rings (SSSR count). The summed E-state index contributed by atoms with van der Waals surface area (Å²) in [4.78, 5) is 0. The summed E-state index contributed by atoms with van der Waals surface area (Å²) in [5.41, 5.74) is 2.63. The molecule has 3 nitrogen and oxygen atoms in total. The first-order chi connectivity index (χ1) is 9.06. The van der Waals surface area contributed by atoms with Crippen molar-refractivity contribution in [1.82, 2.24) is 9.88 Å². The van der Waals surface area contributed by atoms with Crippen LogP contribution in [0, 0.1) is 0 Å². The molecule has 0 aliphatic heterocycles. The van der Waals surface area contributed by atoms with Gasteiger partial charge in [0.15, 0.2) is 0 Å². The number of hydrogen-bond acceptors (Lipinski definition) is 2. The van der Waals surface area contributed by atoms with Crippen molar-refractivity contribution in [3.8, 4) is 5.75 Å². The molecule has 0 amide bonds. The second kappa shape index (κ2) is 5.66. The third-order valence-corrected chi connectivity index (χ3v) is 3.65. The van der Waals surface area contributed by atoms with Crippen LogP contribution in [0.5, 0.6) is 5.75 Å². The van der Waals surface area contributed by atoms with Gasteiger partial charge >= 0.3 is 0 Å². The molecule has 0 radical (unpaired) electrons. The van der Waals surface area contributed by atoms with Crippen molar-refractivity contribution in [1.29, 1.82) is 0 Å². The van der Waals surface area contributed by atoms with Crippen LogP contribution in [0.3, 0.4) is 0 Å². The Morgan fingerprint density at radius 2 is 1.95 bits per heavy atom. The Morgan fingerprint density at radius 3 is 2.53 bits per heavy atom. The smallest absolute Gasteiger partial charge is 0.120 e. The number of hydrogen-bond donors (Lipinski definition) is 1. The van der Waals surface area contributed by atoms with Crippen molar-refractivity contribution in [2.24, 2.45) is 0 Å². The quantitative estimate of drug-likeness (QED) is 0.892. The molecule has 1 unspecified atom stereocenters. The summed E-state index contributed by atoms with van der Waals surface area (Å²) in [5, 5.41) is 4.59. The van der Waals surface area contributed by atoms with Crippen LogP contribution in [0.2, 0.25) is 0 Å². The topological polar surface area (TPSA) is 26.2 Å². The second-order valence-corrected chi connectivity index (χ2v) is 5.42. The summed E-state index contributed by atoms with van der Waals surface area (Å²) in [6.07, 6.45) is 1.03. The number of fused-ring (bicyclic) bond motifs is 1. The van der Waals surface area contributed by atoms with Crippen LogP contribution in [-0.4, -0.2) is 24.8 Å². The molecule has 0 bridgehead atoms. The SMILES string of the molecule is CNC(C)Cc1cc2ccc(OC)cc2n1C(C)C. The van der Waals surface area contributed by atoms with Crippen LogP contribution >= 0.6 is 0 Å². The van der Waals surface area contributed by atoms with E-state index in [0.717, 1.165) is 12.2 Å². The third-order valence-electron chi connectivity index (χ3n) is 3.65. The van der Waals surface area contributed by atoms with Crippen molar-refractivity contribution < 1.29 is 4.74 Å². The van der Waals surface area contributed by atoms with Crippen LogP contribution in [0.15, 0.2) is 24.3 Å². The van der Waals surface area contributed by atoms with Gasteiger partial charge in [-0.15, -0.1) is 0 Å². The Kier molecular flexibility index (Phi) is 4.15. The van der Waals surface area contributed by atoms with E-state index >= 15 is 0 Å². The third kappa shape index (κ3) is 2.76. The maximum absolute atomic E-state index is 5.34. The number of nitrogens with one attached hydrogen (secondary N) is 1. The highest BCUT2D eigenvalue weighted by molar-refractivity contribution is 5.83. The fraction of sp³-hybridized carbons (Fsp3) is 0.500. The molecule has 0 aliphatic rings. The van der Waals surface area contributed by atoms with Gasteiger partial charge in [0.05, 0.1) is 12.6 Å². The Bertz CT molecular complexity index is 557. The zero-order chi connectivity index (χ0) is 14.0. The predicted molar refractivity (Wildman–Crippen MR) is 81.1 cm³/mol. The molecule has 19 heavy (non-hydrogen) atoms. The standard InChI is InChI=1S/C16H24N2O/c1-11(2)18-14(8-12(3)17-4)9-13-6-7-15(19-5)10-16(13)18/h6-7,9-12,17H,8H2,1-5H3. The fourth-order valence-electron chi connectivity index (χ4n) is 2.57. The van der Waals surface area contributed by atoms with E-state index in [1.165, 1.54) is 16.6 Å². The van der Waals surface area contributed by atoms with E-state index in [1.807, 2.05) is 13.1 Å². The highest BCUT2D eigenvalue weighted by atomic mass is 16.5. The minimum atomic E-state index is 0.448. The molecule has 0 fully saturated rings. The minimum Gasteiger partial charge on any atom is -0.497 e. The normalized spacial score (nSPS) is 13.2. The summed E-state index contributed by atoms with van der Waals surface area (Å²) in [6, 6.07) is 9.51. The van der Waals surface area contributed by atoms with E-state index in [9.17, 15) is 0 Å². The molecule has 0 spiro atoms. The van der Waals surface area contributed by atoms with Crippen LogP contribution in [0.25, 0.3) is 10.9 Å². The zero-order valence-electron chi connectivity index (χ0n) is 12.5. The number of nitrogens with zero attached hydrogens (tertiary/aromatic N) is 1. The van der Waals surface area contributed by atoms with Gasteiger partial charge in [0.1, 0.15) is 5.75 Å². The predicted octanol–water partition coefficient (Wildman–Crippen LogP) is 3.38. The van der Waals surface area contributed by atoms with E-state index in [2.05, 4.69) is 48.9 Å². The van der Waals surface area contributed by atoms with Gasteiger partial charge in [-0.25, -0.2) is 0 Å². The summed E-state index contributed by atoms with van der Waals surface area (Å²) in [7, 11) is 3.73. The Hall–Kier alpha value is -1.48. The van der Waals surface area contributed by atoms with Gasteiger partial charge < -0.3 is 14.6 Å². The van der Waals surface area contributed by atoms with Crippen LogP contribution in [-0.2, 0) is 6.42 Å². The Balaban J connectivity index is 2.54. The molecule has 2 aromatic rings. The largest absolute Gasteiger partial charge is 0.497 e. The minimum absolute atomic E-state index is 0.448. The fourth-order valence-corrected chi connectivity index (χ4v) is 2.57. The van der Waals surface area contributed by atoms with Gasteiger partial charge in [0.2, 0.25) is 0 Å².